The third-order valence-corrected chi connectivity index (χ3v) is 16.2. The minimum absolute atomic E-state index is 0.956. The van der Waals surface area contributed by atoms with Crippen LogP contribution in [0, 0.1) is 0 Å². The van der Waals surface area contributed by atoms with Gasteiger partial charge in [0.25, 0.3) is 0 Å². The predicted octanol–water partition coefficient (Wildman–Crippen LogP) is 24.1. The third-order valence-electron chi connectivity index (χ3n) is 14.8. The van der Waals surface area contributed by atoms with Gasteiger partial charge in [0.15, 0.2) is 0 Å². The van der Waals surface area contributed by atoms with Crippen LogP contribution >= 0.6 is 0 Å². The SMILES string of the molecule is CCCCC=CC1=C(c2cccc(CCCCCC)c2)[N+](=[N-])C(c2cccc(CCCCCC)c2)=C1CCCCCCCC.CCCCCCCCCCCC[CH2][Ni][CH2]CCCCCCCCCCCC. The van der Waals surface area contributed by atoms with Gasteiger partial charge in [-0.05, 0) is 80.3 Å². The fraction of sp³-hybridized carbons (Fsp3) is 0.735. The summed E-state index contributed by atoms with van der Waals surface area (Å²) in [7, 11) is 0. The minimum Gasteiger partial charge on any atom is -0.0654 e. The summed E-state index contributed by atoms with van der Waals surface area (Å²) in [6, 6.07) is 18.0. The van der Waals surface area contributed by atoms with Crippen LogP contribution in [0.3, 0.4) is 0 Å². The first kappa shape index (κ1) is 64.9. The zero-order valence-corrected chi connectivity index (χ0v) is 49.1. The molecule has 1 aliphatic heterocycles. The van der Waals surface area contributed by atoms with Crippen LogP contribution in [0.5, 0.6) is 0 Å². The van der Waals surface area contributed by atoms with Crippen molar-refractivity contribution in [1.82, 2.24) is 0 Å². The molecule has 0 spiro atoms. The van der Waals surface area contributed by atoms with Crippen molar-refractivity contribution in [3.63, 3.8) is 0 Å². The van der Waals surface area contributed by atoms with Gasteiger partial charge < -0.3 is 5.53 Å². The second kappa shape index (κ2) is 47.5. The summed E-state index contributed by atoms with van der Waals surface area (Å²) >= 11 is 2.03. The molecule has 0 aromatic heterocycles. The summed E-state index contributed by atoms with van der Waals surface area (Å²) < 4.78 is 1.55. The van der Waals surface area contributed by atoms with E-state index in [4.69, 9.17) is 0 Å². The summed E-state index contributed by atoms with van der Waals surface area (Å²) in [6.07, 6.45) is 61.3. The number of unbranched alkanes of at least 4 members (excludes halogenated alkanes) is 33. The fourth-order valence-corrected chi connectivity index (χ4v) is 11.5. The molecule has 0 atom stereocenters. The Hall–Kier alpha value is -2.25. The molecule has 0 amide bonds. The van der Waals surface area contributed by atoms with E-state index in [-0.39, 0.29) is 0 Å². The van der Waals surface area contributed by atoms with E-state index in [1.807, 2.05) is 14.4 Å². The van der Waals surface area contributed by atoms with Crippen LogP contribution in [-0.2, 0) is 27.3 Å². The van der Waals surface area contributed by atoms with Crippen LogP contribution < -0.4 is 0 Å². The second-order valence-corrected chi connectivity index (χ2v) is 23.0. The van der Waals surface area contributed by atoms with Gasteiger partial charge in [-0.15, -0.1) is 0 Å². The van der Waals surface area contributed by atoms with E-state index in [2.05, 4.69) is 102 Å². The van der Waals surface area contributed by atoms with E-state index < -0.39 is 0 Å². The molecule has 3 heteroatoms. The second-order valence-electron chi connectivity index (χ2n) is 21.5. The number of allylic oxidation sites excluding steroid dienone is 4. The van der Waals surface area contributed by atoms with Crippen LogP contribution in [0.4, 0.5) is 0 Å². The van der Waals surface area contributed by atoms with E-state index >= 15 is 0 Å². The zero-order chi connectivity index (χ0) is 51.1. The molecule has 0 fully saturated rings. The molecule has 71 heavy (non-hydrogen) atoms. The summed E-state index contributed by atoms with van der Waals surface area (Å²) in [4.78, 5) is 0. The topological polar surface area (TPSA) is 25.3 Å². The van der Waals surface area contributed by atoms with Gasteiger partial charge in [-0.25, -0.2) is 4.70 Å². The van der Waals surface area contributed by atoms with Gasteiger partial charge in [-0.3, -0.25) is 0 Å². The Kier molecular flexibility index (Phi) is 43.4. The Balaban J connectivity index is 0.000000551. The molecule has 0 aliphatic carbocycles. The molecular formula is C68H116N2Ni. The van der Waals surface area contributed by atoms with Gasteiger partial charge in [0.1, 0.15) is 0 Å². The molecule has 0 N–H and O–H groups in total. The molecule has 0 bridgehead atoms. The van der Waals surface area contributed by atoms with Crippen molar-refractivity contribution in [3.05, 3.63) is 99.6 Å². The first-order valence-corrected chi connectivity index (χ1v) is 32.7. The summed E-state index contributed by atoms with van der Waals surface area (Å²) in [6.45, 7) is 13.7. The molecule has 3 rings (SSSR count). The van der Waals surface area contributed by atoms with Crippen molar-refractivity contribution in [1.29, 1.82) is 0 Å². The Morgan fingerprint density at radius 1 is 0.380 bits per heavy atom. The van der Waals surface area contributed by atoms with Gasteiger partial charge in [-0.1, -0.05) is 161 Å². The number of aryl methyl sites for hydroxylation is 2. The Bertz CT molecular complexity index is 1620. The van der Waals surface area contributed by atoms with Gasteiger partial charge >= 0.3 is 166 Å². The van der Waals surface area contributed by atoms with Crippen LogP contribution in [0.15, 0.2) is 71.8 Å². The first-order chi connectivity index (χ1) is 35.1. The molecular weight excluding hydrogens is 903 g/mol. The van der Waals surface area contributed by atoms with E-state index in [1.54, 1.807) is 4.70 Å². The standard InChI is InChI=1S/C42H62N2.2C13H27.Ni/c1-5-9-13-17-18-22-32-40-39(31-21-16-12-8-4)41(37-29-23-27-35(33-37)25-19-14-10-6-2)44(43)42(40)38-30-24-28-36(34-38)26-20-15-11-7-3;2*1-3-5-7-9-11-13-12-10-8-6-4-2;/h21,23-24,27-31,33-34H,5-20,22,25-26,32H2,1-4H3;2*1,3-13H2,2H3;. The molecule has 0 saturated heterocycles. The Morgan fingerprint density at radius 2 is 0.718 bits per heavy atom. The van der Waals surface area contributed by atoms with Crippen LogP contribution in [-0.4, -0.2) is 4.70 Å². The van der Waals surface area contributed by atoms with Crippen molar-refractivity contribution in [2.75, 3.05) is 0 Å². The van der Waals surface area contributed by atoms with Gasteiger partial charge in [0.05, 0.1) is 5.57 Å². The molecule has 0 saturated carbocycles. The van der Waals surface area contributed by atoms with Crippen molar-refractivity contribution in [2.24, 2.45) is 0 Å². The van der Waals surface area contributed by atoms with Crippen molar-refractivity contribution in [3.8, 4) is 0 Å². The van der Waals surface area contributed by atoms with E-state index in [9.17, 15) is 5.53 Å². The number of nitrogens with zero attached hydrogens (tertiary/aromatic N) is 2. The number of hydrogen-bond donors (Lipinski definition) is 0. The van der Waals surface area contributed by atoms with Gasteiger partial charge in [0, 0.05) is 16.7 Å². The molecule has 1 heterocycles. The molecule has 408 valence electrons. The number of rotatable bonds is 47. The Labute approximate surface area is 449 Å². The van der Waals surface area contributed by atoms with Crippen molar-refractivity contribution in [2.45, 2.75) is 322 Å². The van der Waals surface area contributed by atoms with E-state index in [1.165, 1.54) is 271 Å². The monoisotopic (exact) mass is 1020 g/mol. The minimum atomic E-state index is 0.956. The first-order valence-electron chi connectivity index (χ1n) is 31.3. The number of benzene rings is 2. The number of hydrogen-bond acceptors (Lipinski definition) is 0. The smallest absolute Gasteiger partial charge is 0.0654 e. The molecule has 1 aliphatic rings. The van der Waals surface area contributed by atoms with Crippen molar-refractivity contribution < 1.29 is 19.1 Å². The molecule has 2 aromatic rings. The van der Waals surface area contributed by atoms with Crippen LogP contribution in [0.1, 0.15) is 321 Å². The molecule has 0 unspecified atom stereocenters. The normalized spacial score (nSPS) is 12.8. The average Bonchev–Trinajstić information content (AvgIpc) is 3.66. The summed E-state index contributed by atoms with van der Waals surface area (Å²) in [5, 5.41) is 2.86. The summed E-state index contributed by atoms with van der Waals surface area (Å²) in [5.41, 5.74) is 21.6. The molecule has 0 radical (unpaired) electrons. The molecule has 2 nitrogen and oxygen atoms in total. The zero-order valence-electron chi connectivity index (χ0n) is 48.1. The predicted molar refractivity (Wildman–Crippen MR) is 315 cm³/mol. The fourth-order valence-electron chi connectivity index (χ4n) is 10.2. The Morgan fingerprint density at radius 3 is 1.13 bits per heavy atom. The quantitative estimate of drug-likeness (QED) is 0.0359. The summed E-state index contributed by atoms with van der Waals surface area (Å²) in [5.74, 6) is 0. The third kappa shape index (κ3) is 31.9. The van der Waals surface area contributed by atoms with Crippen LogP contribution in [0.2, 0.25) is 10.8 Å². The maximum atomic E-state index is 12.1. The molecule has 2 aromatic carbocycles. The van der Waals surface area contributed by atoms with E-state index in [0.717, 1.165) is 54.6 Å². The van der Waals surface area contributed by atoms with Crippen molar-refractivity contribution >= 4 is 11.4 Å². The van der Waals surface area contributed by atoms with Crippen LogP contribution in [0.25, 0.3) is 16.9 Å². The average molecular weight is 1020 g/mol. The van der Waals surface area contributed by atoms with Gasteiger partial charge in [0.2, 0.25) is 11.4 Å². The van der Waals surface area contributed by atoms with Gasteiger partial charge in [-0.2, -0.15) is 0 Å². The maximum absolute atomic E-state index is 12.1. The van der Waals surface area contributed by atoms with E-state index in [0.29, 0.717) is 0 Å².